The molecule has 8 heteroatoms. The second kappa shape index (κ2) is 8.50. The summed E-state index contributed by atoms with van der Waals surface area (Å²) >= 11 is 0. The predicted molar refractivity (Wildman–Crippen MR) is 122 cm³/mol. The fourth-order valence-electron chi connectivity index (χ4n) is 3.65. The van der Waals surface area contributed by atoms with Crippen LogP contribution in [0.15, 0.2) is 54.6 Å². The van der Waals surface area contributed by atoms with Crippen molar-refractivity contribution < 1.29 is 14.3 Å². The number of primary amides is 1. The third kappa shape index (κ3) is 4.02. The Bertz CT molecular complexity index is 1340. The molecule has 0 radical (unpaired) electrons. The van der Waals surface area contributed by atoms with Gasteiger partial charge in [-0.15, -0.1) is 0 Å². The minimum Gasteiger partial charge on any atom is -0.497 e. The number of carbonyl (C=O) groups excluding carboxylic acids is 2. The quantitative estimate of drug-likeness (QED) is 0.487. The first-order valence-corrected chi connectivity index (χ1v) is 10.0. The molecule has 0 spiro atoms. The summed E-state index contributed by atoms with van der Waals surface area (Å²) in [5.41, 5.74) is 9.52. The average molecular weight is 429 g/mol. The van der Waals surface area contributed by atoms with Gasteiger partial charge in [-0.25, -0.2) is 4.98 Å². The van der Waals surface area contributed by atoms with Crippen LogP contribution in [0.4, 0.5) is 5.69 Å². The van der Waals surface area contributed by atoms with Crippen molar-refractivity contribution in [1.82, 2.24) is 14.8 Å². The number of benzene rings is 2. The van der Waals surface area contributed by atoms with Gasteiger partial charge in [0.1, 0.15) is 11.4 Å². The van der Waals surface area contributed by atoms with E-state index < -0.39 is 11.8 Å². The van der Waals surface area contributed by atoms with Crippen molar-refractivity contribution >= 4 is 28.4 Å². The van der Waals surface area contributed by atoms with Crippen LogP contribution in [0.2, 0.25) is 0 Å². The number of aromatic nitrogens is 3. The molecule has 162 valence electrons. The lowest BCUT2D eigenvalue weighted by atomic mass is 10.1. The number of carbonyl (C=O) groups is 2. The summed E-state index contributed by atoms with van der Waals surface area (Å²) in [4.78, 5) is 29.3. The third-order valence-corrected chi connectivity index (χ3v) is 5.30. The number of anilines is 1. The molecule has 0 aliphatic rings. The number of amides is 2. The molecule has 0 aliphatic carbocycles. The highest BCUT2D eigenvalue weighted by Gasteiger charge is 2.19. The molecule has 8 nitrogen and oxygen atoms in total. The molecule has 2 amide bonds. The van der Waals surface area contributed by atoms with E-state index in [1.165, 1.54) is 6.07 Å². The number of hydrogen-bond donors (Lipinski definition) is 2. The van der Waals surface area contributed by atoms with E-state index in [1.54, 1.807) is 31.4 Å². The molecule has 4 rings (SSSR count). The largest absolute Gasteiger partial charge is 0.497 e. The number of aryl methyl sites for hydroxylation is 1. The van der Waals surface area contributed by atoms with Crippen LogP contribution in [0.25, 0.3) is 10.9 Å². The lowest BCUT2D eigenvalue weighted by molar-refractivity contribution is 0.100. The molecular weight excluding hydrogens is 406 g/mol. The smallest absolute Gasteiger partial charge is 0.274 e. The van der Waals surface area contributed by atoms with Crippen LogP contribution in [0, 0.1) is 13.8 Å². The predicted octanol–water partition coefficient (Wildman–Crippen LogP) is 3.46. The molecule has 0 bridgehead atoms. The first-order chi connectivity index (χ1) is 15.4. The maximum absolute atomic E-state index is 13.0. The number of methoxy groups -OCH3 is 1. The SMILES string of the molecule is COc1cccc(Cn2nc(C)c(NC(=O)c3cc(C(N)=O)c4ccccc4n3)c2C)c1. The summed E-state index contributed by atoms with van der Waals surface area (Å²) in [5, 5.41) is 8.07. The number of pyridine rings is 1. The van der Waals surface area contributed by atoms with Gasteiger partial charge >= 0.3 is 0 Å². The fraction of sp³-hybridized carbons (Fsp3) is 0.167. The van der Waals surface area contributed by atoms with Crippen molar-refractivity contribution in [2.45, 2.75) is 20.4 Å². The molecule has 0 saturated heterocycles. The number of para-hydroxylation sites is 1. The Kier molecular flexibility index (Phi) is 5.59. The second-order valence-electron chi connectivity index (χ2n) is 7.45. The summed E-state index contributed by atoms with van der Waals surface area (Å²) in [5.74, 6) is -0.285. The van der Waals surface area contributed by atoms with Gasteiger partial charge in [-0.1, -0.05) is 30.3 Å². The Morgan fingerprint density at radius 3 is 2.62 bits per heavy atom. The molecule has 2 heterocycles. The van der Waals surface area contributed by atoms with Crippen LogP contribution in [-0.2, 0) is 6.54 Å². The highest BCUT2D eigenvalue weighted by molar-refractivity contribution is 6.10. The number of rotatable bonds is 6. The standard InChI is InChI=1S/C24H23N5O3/c1-14-22(15(2)29(28-14)13-16-7-6-8-17(11-16)32-3)27-24(31)21-12-19(23(25)30)18-9-4-5-10-20(18)26-21/h4-12H,13H2,1-3H3,(H2,25,30)(H,27,31). The van der Waals surface area contributed by atoms with Gasteiger partial charge in [-0.3, -0.25) is 14.3 Å². The van der Waals surface area contributed by atoms with Gasteiger partial charge in [0.15, 0.2) is 0 Å². The van der Waals surface area contributed by atoms with E-state index in [1.807, 2.05) is 42.8 Å². The molecule has 0 aliphatic heterocycles. The molecule has 0 unspecified atom stereocenters. The first-order valence-electron chi connectivity index (χ1n) is 10.0. The number of nitrogens with zero attached hydrogens (tertiary/aromatic N) is 3. The number of ether oxygens (including phenoxy) is 1. The minimum absolute atomic E-state index is 0.108. The Balaban J connectivity index is 1.63. The zero-order chi connectivity index (χ0) is 22.8. The number of nitrogens with one attached hydrogen (secondary N) is 1. The Morgan fingerprint density at radius 2 is 1.88 bits per heavy atom. The van der Waals surface area contributed by atoms with E-state index in [0.717, 1.165) is 17.0 Å². The molecule has 32 heavy (non-hydrogen) atoms. The van der Waals surface area contributed by atoms with Crippen LogP contribution in [-0.4, -0.2) is 33.7 Å². The van der Waals surface area contributed by atoms with Crippen LogP contribution in [0.1, 0.15) is 37.8 Å². The Hall–Kier alpha value is -4.20. The van der Waals surface area contributed by atoms with E-state index in [4.69, 9.17) is 10.5 Å². The average Bonchev–Trinajstić information content (AvgIpc) is 3.05. The van der Waals surface area contributed by atoms with Gasteiger partial charge < -0.3 is 15.8 Å². The monoisotopic (exact) mass is 429 g/mol. The van der Waals surface area contributed by atoms with Gasteiger partial charge in [0, 0.05) is 5.39 Å². The number of nitrogens with two attached hydrogens (primary N) is 1. The highest BCUT2D eigenvalue weighted by atomic mass is 16.5. The molecule has 0 fully saturated rings. The molecule has 0 atom stereocenters. The topological polar surface area (TPSA) is 112 Å². The van der Waals surface area contributed by atoms with Gasteiger partial charge in [-0.05, 0) is 43.7 Å². The molecule has 3 N–H and O–H groups in total. The van der Waals surface area contributed by atoms with E-state index in [0.29, 0.717) is 28.8 Å². The summed E-state index contributed by atoms with van der Waals surface area (Å²) in [6, 6.07) is 16.2. The fourth-order valence-corrected chi connectivity index (χ4v) is 3.65. The summed E-state index contributed by atoms with van der Waals surface area (Å²) in [6.45, 7) is 4.24. The van der Waals surface area contributed by atoms with E-state index in [9.17, 15) is 9.59 Å². The van der Waals surface area contributed by atoms with Crippen molar-refractivity contribution in [2.24, 2.45) is 5.73 Å². The number of fused-ring (bicyclic) bond motifs is 1. The molecule has 0 saturated carbocycles. The van der Waals surface area contributed by atoms with Gasteiger partial charge in [0.25, 0.3) is 5.91 Å². The first kappa shape index (κ1) is 21.0. The lowest BCUT2D eigenvalue weighted by Crippen LogP contribution is -2.18. The summed E-state index contributed by atoms with van der Waals surface area (Å²) in [6.07, 6.45) is 0. The van der Waals surface area contributed by atoms with E-state index >= 15 is 0 Å². The van der Waals surface area contributed by atoms with Gasteiger partial charge in [-0.2, -0.15) is 5.10 Å². The molecule has 2 aromatic carbocycles. The van der Waals surface area contributed by atoms with Crippen LogP contribution in [0.5, 0.6) is 5.75 Å². The Morgan fingerprint density at radius 1 is 1.09 bits per heavy atom. The summed E-state index contributed by atoms with van der Waals surface area (Å²) < 4.78 is 7.11. The zero-order valence-electron chi connectivity index (χ0n) is 18.0. The lowest BCUT2D eigenvalue weighted by Gasteiger charge is -2.10. The third-order valence-electron chi connectivity index (χ3n) is 5.30. The van der Waals surface area contributed by atoms with Crippen molar-refractivity contribution in [2.75, 3.05) is 12.4 Å². The van der Waals surface area contributed by atoms with Crippen LogP contribution < -0.4 is 15.8 Å². The Labute approximate surface area is 185 Å². The summed E-state index contributed by atoms with van der Waals surface area (Å²) in [7, 11) is 1.63. The second-order valence-corrected chi connectivity index (χ2v) is 7.45. The van der Waals surface area contributed by atoms with Gasteiger partial charge in [0.2, 0.25) is 5.91 Å². The van der Waals surface area contributed by atoms with Crippen molar-refractivity contribution in [3.05, 3.63) is 82.8 Å². The van der Waals surface area contributed by atoms with Crippen molar-refractivity contribution in [3.63, 3.8) is 0 Å². The van der Waals surface area contributed by atoms with E-state index in [2.05, 4.69) is 15.4 Å². The normalized spacial score (nSPS) is 10.8. The van der Waals surface area contributed by atoms with Gasteiger partial charge in [0.05, 0.1) is 41.8 Å². The number of hydrogen-bond acceptors (Lipinski definition) is 5. The maximum atomic E-state index is 13.0. The zero-order valence-corrected chi connectivity index (χ0v) is 18.0. The van der Waals surface area contributed by atoms with Crippen LogP contribution in [0.3, 0.4) is 0 Å². The van der Waals surface area contributed by atoms with Crippen molar-refractivity contribution in [1.29, 1.82) is 0 Å². The highest BCUT2D eigenvalue weighted by Crippen LogP contribution is 2.23. The molecular formula is C24H23N5O3. The van der Waals surface area contributed by atoms with Crippen LogP contribution >= 0.6 is 0 Å². The maximum Gasteiger partial charge on any atom is 0.274 e. The molecule has 2 aromatic heterocycles. The van der Waals surface area contributed by atoms with Crippen molar-refractivity contribution in [3.8, 4) is 5.75 Å². The minimum atomic E-state index is -0.615. The van der Waals surface area contributed by atoms with E-state index in [-0.39, 0.29) is 11.3 Å². The molecule has 4 aromatic rings.